The average Bonchev–Trinajstić information content (AvgIpc) is 2.75. The van der Waals surface area contributed by atoms with Gasteiger partial charge in [0.05, 0.1) is 5.92 Å². The van der Waals surface area contributed by atoms with Gasteiger partial charge >= 0.3 is 0 Å². The largest absolute Gasteiger partial charge is 0.355 e. The summed E-state index contributed by atoms with van der Waals surface area (Å²) >= 11 is 0. The minimum Gasteiger partial charge on any atom is -0.355 e. The van der Waals surface area contributed by atoms with E-state index in [1.165, 1.54) is 12.8 Å². The van der Waals surface area contributed by atoms with Crippen molar-refractivity contribution in [3.05, 3.63) is 0 Å². The van der Waals surface area contributed by atoms with Crippen molar-refractivity contribution in [3.8, 4) is 0 Å². The number of amides is 2. The summed E-state index contributed by atoms with van der Waals surface area (Å²) in [7, 11) is 0. The summed E-state index contributed by atoms with van der Waals surface area (Å²) in [5, 5.41) is 2.93. The van der Waals surface area contributed by atoms with Gasteiger partial charge in [-0.15, -0.1) is 0 Å². The van der Waals surface area contributed by atoms with E-state index in [9.17, 15) is 9.59 Å². The molecular weight excluding hydrogens is 278 g/mol. The van der Waals surface area contributed by atoms with E-state index in [-0.39, 0.29) is 17.7 Å². The highest BCUT2D eigenvalue weighted by Crippen LogP contribution is 2.31. The molecule has 1 aliphatic carbocycles. The Kier molecular flexibility index (Phi) is 6.24. The normalized spacial score (nSPS) is 29.7. The van der Waals surface area contributed by atoms with Gasteiger partial charge < -0.3 is 16.0 Å². The average molecular weight is 309 g/mol. The highest BCUT2D eigenvalue weighted by molar-refractivity contribution is 5.81. The van der Waals surface area contributed by atoms with Crippen molar-refractivity contribution in [2.45, 2.75) is 70.3 Å². The van der Waals surface area contributed by atoms with Crippen molar-refractivity contribution >= 4 is 11.8 Å². The maximum Gasteiger partial charge on any atom is 0.224 e. The van der Waals surface area contributed by atoms with E-state index in [4.69, 9.17) is 5.73 Å². The monoisotopic (exact) mass is 309 g/mol. The van der Waals surface area contributed by atoms with E-state index in [0.717, 1.165) is 51.6 Å². The van der Waals surface area contributed by atoms with Crippen molar-refractivity contribution < 1.29 is 9.59 Å². The van der Waals surface area contributed by atoms with Gasteiger partial charge in [0.15, 0.2) is 0 Å². The first kappa shape index (κ1) is 17.3. The van der Waals surface area contributed by atoms with E-state index in [1.807, 2.05) is 11.8 Å². The second-order valence-electron chi connectivity index (χ2n) is 7.14. The van der Waals surface area contributed by atoms with Crippen LogP contribution in [0.2, 0.25) is 0 Å². The van der Waals surface area contributed by atoms with Crippen molar-refractivity contribution in [2.24, 2.45) is 11.7 Å². The molecule has 2 atom stereocenters. The molecule has 0 aromatic carbocycles. The Hall–Kier alpha value is -1.10. The molecule has 1 saturated heterocycles. The van der Waals surface area contributed by atoms with Gasteiger partial charge in [-0.05, 0) is 32.6 Å². The molecule has 1 heterocycles. The molecule has 126 valence electrons. The van der Waals surface area contributed by atoms with Gasteiger partial charge in [0, 0.05) is 31.6 Å². The first-order valence-corrected chi connectivity index (χ1v) is 8.85. The molecule has 2 aliphatic rings. The fourth-order valence-electron chi connectivity index (χ4n) is 3.68. The van der Waals surface area contributed by atoms with Crippen LogP contribution in [0.3, 0.4) is 0 Å². The van der Waals surface area contributed by atoms with Gasteiger partial charge in [-0.3, -0.25) is 9.59 Å². The first-order valence-electron chi connectivity index (χ1n) is 8.85. The Bertz CT molecular complexity index is 387. The molecule has 2 amide bonds. The second kappa shape index (κ2) is 7.95. The van der Waals surface area contributed by atoms with Gasteiger partial charge in [0.25, 0.3) is 0 Å². The van der Waals surface area contributed by atoms with Crippen LogP contribution in [0.15, 0.2) is 0 Å². The van der Waals surface area contributed by atoms with Gasteiger partial charge in [-0.2, -0.15) is 0 Å². The predicted octanol–water partition coefficient (Wildman–Crippen LogP) is 1.80. The summed E-state index contributed by atoms with van der Waals surface area (Å²) in [4.78, 5) is 26.4. The zero-order valence-corrected chi connectivity index (χ0v) is 13.9. The Morgan fingerprint density at radius 2 is 1.82 bits per heavy atom. The molecule has 5 nitrogen and oxygen atoms in total. The molecule has 1 saturated carbocycles. The molecule has 2 unspecified atom stereocenters. The van der Waals surface area contributed by atoms with Crippen LogP contribution in [0, 0.1) is 5.92 Å². The quantitative estimate of drug-likeness (QED) is 0.831. The molecule has 0 aromatic rings. The standard InChI is InChI=1S/C17H31N3O2/c1-17(18)10-5-4-8-14(17)16(22)19-11-9-15(21)20-12-6-2-3-7-13-20/h14H,2-13,18H2,1H3,(H,19,22). The van der Waals surface area contributed by atoms with E-state index in [2.05, 4.69) is 5.32 Å². The topological polar surface area (TPSA) is 75.4 Å². The molecule has 2 rings (SSSR count). The minimum absolute atomic E-state index is 0.0216. The van der Waals surface area contributed by atoms with Crippen LogP contribution in [0.4, 0.5) is 0 Å². The Morgan fingerprint density at radius 3 is 2.45 bits per heavy atom. The first-order chi connectivity index (χ1) is 10.5. The molecule has 0 radical (unpaired) electrons. The number of hydrogen-bond donors (Lipinski definition) is 2. The Morgan fingerprint density at radius 1 is 1.14 bits per heavy atom. The zero-order valence-electron chi connectivity index (χ0n) is 13.9. The maximum atomic E-state index is 12.3. The molecule has 0 spiro atoms. The van der Waals surface area contributed by atoms with Gasteiger partial charge in [-0.1, -0.05) is 25.7 Å². The number of nitrogens with one attached hydrogen (secondary N) is 1. The minimum atomic E-state index is -0.406. The molecule has 1 aliphatic heterocycles. The van der Waals surface area contributed by atoms with E-state index < -0.39 is 5.54 Å². The van der Waals surface area contributed by atoms with Crippen molar-refractivity contribution in [1.29, 1.82) is 0 Å². The third-order valence-corrected chi connectivity index (χ3v) is 5.17. The van der Waals surface area contributed by atoms with Crippen LogP contribution in [0.1, 0.15) is 64.7 Å². The van der Waals surface area contributed by atoms with Gasteiger partial charge in [0.1, 0.15) is 0 Å². The predicted molar refractivity (Wildman–Crippen MR) is 87.2 cm³/mol. The number of likely N-dealkylation sites (tertiary alicyclic amines) is 1. The molecule has 0 bridgehead atoms. The van der Waals surface area contributed by atoms with Crippen LogP contribution in [0.5, 0.6) is 0 Å². The Labute approximate surface area is 134 Å². The fraction of sp³-hybridized carbons (Fsp3) is 0.882. The second-order valence-corrected chi connectivity index (χ2v) is 7.14. The van der Waals surface area contributed by atoms with Crippen molar-refractivity contribution in [1.82, 2.24) is 10.2 Å². The number of nitrogens with zero attached hydrogens (tertiary/aromatic N) is 1. The Balaban J connectivity index is 1.73. The lowest BCUT2D eigenvalue weighted by Crippen LogP contribution is -2.53. The molecule has 2 fully saturated rings. The van der Waals surface area contributed by atoms with E-state index in [1.54, 1.807) is 0 Å². The van der Waals surface area contributed by atoms with Gasteiger partial charge in [-0.25, -0.2) is 0 Å². The van der Waals surface area contributed by atoms with Crippen LogP contribution >= 0.6 is 0 Å². The van der Waals surface area contributed by atoms with Crippen molar-refractivity contribution in [3.63, 3.8) is 0 Å². The third kappa shape index (κ3) is 4.70. The highest BCUT2D eigenvalue weighted by atomic mass is 16.2. The smallest absolute Gasteiger partial charge is 0.224 e. The fourth-order valence-corrected chi connectivity index (χ4v) is 3.68. The van der Waals surface area contributed by atoms with Gasteiger partial charge in [0.2, 0.25) is 11.8 Å². The number of carbonyl (C=O) groups is 2. The molecular formula is C17H31N3O2. The molecule has 22 heavy (non-hydrogen) atoms. The van der Waals surface area contributed by atoms with Crippen molar-refractivity contribution in [2.75, 3.05) is 19.6 Å². The summed E-state index contributed by atoms with van der Waals surface area (Å²) in [5.41, 5.74) is 5.85. The number of rotatable bonds is 4. The van der Waals surface area contributed by atoms with Crippen LogP contribution < -0.4 is 11.1 Å². The summed E-state index contributed by atoms with van der Waals surface area (Å²) in [5.74, 6) is 0.0734. The lowest BCUT2D eigenvalue weighted by atomic mass is 9.74. The third-order valence-electron chi connectivity index (χ3n) is 5.17. The lowest BCUT2D eigenvalue weighted by molar-refractivity contribution is -0.131. The van der Waals surface area contributed by atoms with E-state index >= 15 is 0 Å². The molecule has 0 aromatic heterocycles. The summed E-state index contributed by atoms with van der Waals surface area (Å²) in [6.07, 6.45) is 8.98. The number of carbonyl (C=O) groups excluding carboxylic acids is 2. The van der Waals surface area contributed by atoms with Crippen LogP contribution in [-0.2, 0) is 9.59 Å². The highest BCUT2D eigenvalue weighted by Gasteiger charge is 2.37. The van der Waals surface area contributed by atoms with E-state index in [0.29, 0.717) is 13.0 Å². The maximum absolute atomic E-state index is 12.3. The molecule has 5 heteroatoms. The SMILES string of the molecule is CC1(N)CCCCC1C(=O)NCCC(=O)N1CCCCCC1. The summed E-state index contributed by atoms with van der Waals surface area (Å²) in [6, 6.07) is 0. The molecule has 3 N–H and O–H groups in total. The zero-order chi connectivity index (χ0) is 16.0. The summed E-state index contributed by atoms with van der Waals surface area (Å²) < 4.78 is 0. The summed E-state index contributed by atoms with van der Waals surface area (Å²) in [6.45, 7) is 4.14. The van der Waals surface area contributed by atoms with Crippen LogP contribution in [-0.4, -0.2) is 41.9 Å². The lowest BCUT2D eigenvalue weighted by Gasteiger charge is -2.37. The van der Waals surface area contributed by atoms with Crippen LogP contribution in [0.25, 0.3) is 0 Å². The number of hydrogen-bond acceptors (Lipinski definition) is 3. The number of nitrogens with two attached hydrogens (primary N) is 1.